The molecule has 0 N–H and O–H groups in total. The minimum absolute atomic E-state index is 0.730. The van der Waals surface area contributed by atoms with Crippen LogP contribution in [0.2, 0.25) is 5.02 Å². The molecule has 0 aliphatic rings. The third-order valence-electron chi connectivity index (χ3n) is 3.17. The molecule has 0 spiro atoms. The van der Waals surface area contributed by atoms with Crippen molar-refractivity contribution in [1.82, 2.24) is 14.3 Å². The Morgan fingerprint density at radius 2 is 1.53 bits per heavy atom. The summed E-state index contributed by atoms with van der Waals surface area (Å²) in [7, 11) is 0. The summed E-state index contributed by atoms with van der Waals surface area (Å²) in [4.78, 5) is 0. The summed E-state index contributed by atoms with van der Waals surface area (Å²) in [6.45, 7) is 4.16. The largest absolute Gasteiger partial charge is 0.302 e. The molecule has 19 heavy (non-hydrogen) atoms. The number of benzene rings is 1. The maximum Gasteiger partial charge on any atom is 0.159 e. The molecule has 0 radical (unpaired) electrons. The molecule has 1 aromatic carbocycles. The van der Waals surface area contributed by atoms with Crippen molar-refractivity contribution < 1.29 is 0 Å². The number of halogens is 1. The molecule has 0 saturated heterocycles. The molecular formula is C15H14ClN3. The van der Waals surface area contributed by atoms with Crippen LogP contribution in [0.3, 0.4) is 0 Å². The van der Waals surface area contributed by atoms with Gasteiger partial charge < -0.3 is 4.57 Å². The zero-order valence-electron chi connectivity index (χ0n) is 10.8. The molecule has 0 bridgehead atoms. The summed E-state index contributed by atoms with van der Waals surface area (Å²) in [5.74, 6) is 0.926. The third kappa shape index (κ3) is 2.17. The molecule has 4 heteroatoms. The third-order valence-corrected chi connectivity index (χ3v) is 3.42. The number of nitrogens with zero attached hydrogens (tertiary/aromatic N) is 3. The van der Waals surface area contributed by atoms with Gasteiger partial charge in [0, 0.05) is 28.7 Å². The van der Waals surface area contributed by atoms with E-state index in [9.17, 15) is 0 Å². The van der Waals surface area contributed by atoms with Crippen LogP contribution in [0, 0.1) is 13.8 Å². The van der Waals surface area contributed by atoms with Gasteiger partial charge in [0.1, 0.15) is 0 Å². The van der Waals surface area contributed by atoms with Crippen LogP contribution in [-0.2, 0) is 0 Å². The molecule has 3 rings (SSSR count). The Morgan fingerprint density at radius 1 is 0.895 bits per heavy atom. The molecule has 0 saturated carbocycles. The first kappa shape index (κ1) is 12.1. The Kier molecular flexibility index (Phi) is 2.91. The van der Waals surface area contributed by atoms with E-state index in [1.165, 1.54) is 11.4 Å². The van der Waals surface area contributed by atoms with Gasteiger partial charge in [0.05, 0.1) is 5.69 Å². The summed E-state index contributed by atoms with van der Waals surface area (Å²) in [6.07, 6.45) is 1.96. The van der Waals surface area contributed by atoms with Crippen molar-refractivity contribution in [2.45, 2.75) is 13.8 Å². The maximum atomic E-state index is 5.89. The fourth-order valence-corrected chi connectivity index (χ4v) is 2.33. The second kappa shape index (κ2) is 4.59. The van der Waals surface area contributed by atoms with Crippen LogP contribution in [0.1, 0.15) is 11.4 Å². The standard InChI is InChI=1S/C15H14ClN3/c1-11-3-4-12(2)19(11)15-9-10-18(17-15)14-7-5-13(16)6-8-14/h3-10H,1-2H3. The van der Waals surface area contributed by atoms with Gasteiger partial charge in [-0.3, -0.25) is 0 Å². The van der Waals surface area contributed by atoms with Gasteiger partial charge in [-0.05, 0) is 50.2 Å². The topological polar surface area (TPSA) is 22.8 Å². The van der Waals surface area contributed by atoms with Gasteiger partial charge in [0.25, 0.3) is 0 Å². The van der Waals surface area contributed by atoms with Gasteiger partial charge in [-0.25, -0.2) is 4.68 Å². The van der Waals surface area contributed by atoms with E-state index in [4.69, 9.17) is 11.6 Å². The Hall–Kier alpha value is -2.00. The Morgan fingerprint density at radius 3 is 2.16 bits per heavy atom. The van der Waals surface area contributed by atoms with Crippen molar-refractivity contribution in [3.8, 4) is 11.5 Å². The van der Waals surface area contributed by atoms with Gasteiger partial charge in [-0.15, -0.1) is 5.10 Å². The number of hydrogen-bond acceptors (Lipinski definition) is 1. The average molecular weight is 272 g/mol. The highest BCUT2D eigenvalue weighted by atomic mass is 35.5. The van der Waals surface area contributed by atoms with Gasteiger partial charge in [0.2, 0.25) is 0 Å². The monoisotopic (exact) mass is 271 g/mol. The van der Waals surface area contributed by atoms with E-state index < -0.39 is 0 Å². The molecule has 3 nitrogen and oxygen atoms in total. The SMILES string of the molecule is Cc1ccc(C)n1-c1ccn(-c2ccc(Cl)cc2)n1. The molecule has 0 aliphatic heterocycles. The molecule has 0 unspecified atom stereocenters. The van der Waals surface area contributed by atoms with E-state index in [1.807, 2.05) is 41.2 Å². The fraction of sp³-hybridized carbons (Fsp3) is 0.133. The van der Waals surface area contributed by atoms with Crippen molar-refractivity contribution in [3.05, 3.63) is 65.1 Å². The van der Waals surface area contributed by atoms with E-state index in [-0.39, 0.29) is 0 Å². The zero-order valence-corrected chi connectivity index (χ0v) is 11.6. The summed E-state index contributed by atoms with van der Waals surface area (Å²) in [5, 5.41) is 5.34. The number of aromatic nitrogens is 3. The Labute approximate surface area is 117 Å². The van der Waals surface area contributed by atoms with E-state index >= 15 is 0 Å². The lowest BCUT2D eigenvalue weighted by atomic mass is 10.3. The van der Waals surface area contributed by atoms with Crippen LogP contribution < -0.4 is 0 Å². The van der Waals surface area contributed by atoms with Crippen LogP contribution >= 0.6 is 11.6 Å². The van der Waals surface area contributed by atoms with Crippen molar-refractivity contribution in [2.24, 2.45) is 0 Å². The van der Waals surface area contributed by atoms with E-state index in [0.29, 0.717) is 0 Å². The van der Waals surface area contributed by atoms with Gasteiger partial charge >= 0.3 is 0 Å². The summed E-state index contributed by atoms with van der Waals surface area (Å²) in [5.41, 5.74) is 3.36. The van der Waals surface area contributed by atoms with Crippen molar-refractivity contribution in [3.63, 3.8) is 0 Å². The summed E-state index contributed by atoms with van der Waals surface area (Å²) >= 11 is 5.89. The van der Waals surface area contributed by atoms with Gasteiger partial charge in [0.15, 0.2) is 5.82 Å². The highest BCUT2D eigenvalue weighted by molar-refractivity contribution is 6.30. The second-order valence-electron chi connectivity index (χ2n) is 4.55. The maximum absolute atomic E-state index is 5.89. The number of rotatable bonds is 2. The first-order valence-corrected chi connectivity index (χ1v) is 6.50. The van der Waals surface area contributed by atoms with Crippen LogP contribution in [0.25, 0.3) is 11.5 Å². The molecule has 0 amide bonds. The molecule has 0 fully saturated rings. The molecule has 3 aromatic rings. The predicted octanol–water partition coefficient (Wildman–Crippen LogP) is 3.93. The molecule has 2 heterocycles. The number of hydrogen-bond donors (Lipinski definition) is 0. The van der Waals surface area contributed by atoms with Gasteiger partial charge in [-0.1, -0.05) is 11.6 Å². The minimum Gasteiger partial charge on any atom is -0.302 e. The van der Waals surface area contributed by atoms with Crippen molar-refractivity contribution in [2.75, 3.05) is 0 Å². The fourth-order valence-electron chi connectivity index (χ4n) is 2.20. The molecular weight excluding hydrogens is 258 g/mol. The number of aryl methyl sites for hydroxylation is 2. The second-order valence-corrected chi connectivity index (χ2v) is 4.98. The van der Waals surface area contributed by atoms with Crippen LogP contribution in [0.5, 0.6) is 0 Å². The lowest BCUT2D eigenvalue weighted by molar-refractivity contribution is 0.827. The molecule has 0 aliphatic carbocycles. The molecule has 0 atom stereocenters. The van der Waals surface area contributed by atoms with Crippen molar-refractivity contribution >= 4 is 11.6 Å². The molecule has 96 valence electrons. The van der Waals surface area contributed by atoms with E-state index in [1.54, 1.807) is 0 Å². The van der Waals surface area contributed by atoms with Crippen LogP contribution in [-0.4, -0.2) is 14.3 Å². The van der Waals surface area contributed by atoms with E-state index in [0.717, 1.165) is 16.5 Å². The lowest BCUT2D eigenvalue weighted by Crippen LogP contribution is -2.01. The Balaban J connectivity index is 2.02. The minimum atomic E-state index is 0.730. The van der Waals surface area contributed by atoms with Crippen LogP contribution in [0.15, 0.2) is 48.7 Å². The highest BCUT2D eigenvalue weighted by Crippen LogP contribution is 2.17. The smallest absolute Gasteiger partial charge is 0.159 e. The normalized spacial score (nSPS) is 10.9. The average Bonchev–Trinajstić information content (AvgIpc) is 2.98. The summed E-state index contributed by atoms with van der Waals surface area (Å²) < 4.78 is 3.98. The zero-order chi connectivity index (χ0) is 13.4. The van der Waals surface area contributed by atoms with E-state index in [2.05, 4.69) is 35.6 Å². The molecule has 2 aromatic heterocycles. The van der Waals surface area contributed by atoms with Crippen LogP contribution in [0.4, 0.5) is 0 Å². The van der Waals surface area contributed by atoms with Gasteiger partial charge in [-0.2, -0.15) is 0 Å². The highest BCUT2D eigenvalue weighted by Gasteiger charge is 2.07. The Bertz CT molecular complexity index is 688. The first-order valence-electron chi connectivity index (χ1n) is 6.12. The first-order chi connectivity index (χ1) is 9.15. The predicted molar refractivity (Wildman–Crippen MR) is 77.4 cm³/mol. The quantitative estimate of drug-likeness (QED) is 0.692. The summed E-state index contributed by atoms with van der Waals surface area (Å²) in [6, 6.07) is 13.8. The van der Waals surface area contributed by atoms with Crippen molar-refractivity contribution in [1.29, 1.82) is 0 Å². The lowest BCUT2D eigenvalue weighted by Gasteiger charge is -2.05.